The number of nitrogens with zero attached hydrogens (tertiary/aromatic N) is 1. The van der Waals surface area contributed by atoms with Gasteiger partial charge in [-0.3, -0.25) is 4.90 Å². The lowest BCUT2D eigenvalue weighted by Crippen LogP contribution is -2.34. The average Bonchev–Trinajstić information content (AvgIpc) is 2.18. The largest absolute Gasteiger partial charge is 0.443 e. The van der Waals surface area contributed by atoms with Crippen molar-refractivity contribution in [1.82, 2.24) is 0 Å². The maximum atomic E-state index is 11.9. The molecule has 1 rings (SSSR count). The lowest BCUT2D eigenvalue weighted by atomic mass is 10.1. The molecule has 0 saturated heterocycles. The fourth-order valence-corrected chi connectivity index (χ4v) is 1.53. The first-order valence-electron chi connectivity index (χ1n) is 5.75. The number of anilines is 1. The summed E-state index contributed by atoms with van der Waals surface area (Å²) in [6.45, 7) is 9.62. The lowest BCUT2D eigenvalue weighted by molar-refractivity contribution is 0.0589. The Bertz CT molecular complexity index is 419. The highest BCUT2D eigenvalue weighted by Crippen LogP contribution is 2.23. The second-order valence-corrected chi connectivity index (χ2v) is 5.26. The first-order chi connectivity index (χ1) is 7.72. The molecular weight excluding hydrogens is 214 g/mol. The van der Waals surface area contributed by atoms with Crippen LogP contribution < -0.4 is 4.90 Å². The monoisotopic (exact) mass is 235 g/mol. The highest BCUT2D eigenvalue weighted by molar-refractivity contribution is 5.88. The summed E-state index contributed by atoms with van der Waals surface area (Å²) in [4.78, 5) is 13.5. The van der Waals surface area contributed by atoms with Crippen molar-refractivity contribution in [1.29, 1.82) is 0 Å². The Labute approximate surface area is 103 Å². The van der Waals surface area contributed by atoms with E-state index >= 15 is 0 Å². The highest BCUT2D eigenvalue weighted by Gasteiger charge is 2.21. The van der Waals surface area contributed by atoms with Crippen molar-refractivity contribution in [2.24, 2.45) is 0 Å². The summed E-state index contributed by atoms with van der Waals surface area (Å²) in [5.41, 5.74) is 2.68. The molecule has 0 bridgehead atoms. The number of amides is 1. The van der Waals surface area contributed by atoms with Crippen LogP contribution in [0.5, 0.6) is 0 Å². The molecule has 0 aliphatic heterocycles. The van der Waals surface area contributed by atoms with Gasteiger partial charge in [-0.2, -0.15) is 0 Å². The van der Waals surface area contributed by atoms with Crippen LogP contribution in [0, 0.1) is 13.8 Å². The number of aryl methyl sites for hydroxylation is 1. The second-order valence-electron chi connectivity index (χ2n) is 5.26. The van der Waals surface area contributed by atoms with E-state index in [-0.39, 0.29) is 6.09 Å². The first-order valence-corrected chi connectivity index (χ1v) is 5.75. The van der Waals surface area contributed by atoms with Crippen molar-refractivity contribution < 1.29 is 9.53 Å². The number of hydrogen-bond acceptors (Lipinski definition) is 2. The second kappa shape index (κ2) is 4.78. The fraction of sp³-hybridized carbons (Fsp3) is 0.500. The Kier molecular flexibility index (Phi) is 3.81. The number of benzene rings is 1. The third kappa shape index (κ3) is 3.48. The summed E-state index contributed by atoms with van der Waals surface area (Å²) in [5.74, 6) is 0. The molecule has 0 fully saturated rings. The number of carbonyl (C=O) groups excluding carboxylic acids is 1. The van der Waals surface area contributed by atoms with E-state index in [0.717, 1.165) is 16.8 Å². The topological polar surface area (TPSA) is 29.5 Å². The van der Waals surface area contributed by atoms with Gasteiger partial charge in [0.05, 0.1) is 0 Å². The Morgan fingerprint density at radius 3 is 2.35 bits per heavy atom. The molecule has 17 heavy (non-hydrogen) atoms. The Hall–Kier alpha value is -1.51. The zero-order valence-electron chi connectivity index (χ0n) is 11.5. The predicted octanol–water partition coefficient (Wildman–Crippen LogP) is 3.67. The van der Waals surface area contributed by atoms with Gasteiger partial charge in [-0.25, -0.2) is 4.79 Å². The van der Waals surface area contributed by atoms with Crippen LogP contribution in [0.15, 0.2) is 18.2 Å². The molecule has 0 aliphatic carbocycles. The van der Waals surface area contributed by atoms with E-state index in [4.69, 9.17) is 4.74 Å². The van der Waals surface area contributed by atoms with Gasteiger partial charge in [-0.15, -0.1) is 0 Å². The van der Waals surface area contributed by atoms with Crippen molar-refractivity contribution in [2.45, 2.75) is 40.2 Å². The minimum atomic E-state index is -0.469. The molecule has 0 saturated carbocycles. The fourth-order valence-electron chi connectivity index (χ4n) is 1.53. The molecular formula is C14H21NO2. The van der Waals surface area contributed by atoms with E-state index < -0.39 is 5.60 Å². The molecule has 1 aromatic rings. The Morgan fingerprint density at radius 2 is 1.82 bits per heavy atom. The van der Waals surface area contributed by atoms with E-state index in [9.17, 15) is 4.79 Å². The smallest absolute Gasteiger partial charge is 0.414 e. The van der Waals surface area contributed by atoms with Crippen molar-refractivity contribution in [3.8, 4) is 0 Å². The molecule has 0 aliphatic rings. The van der Waals surface area contributed by atoms with Crippen LogP contribution in [0.4, 0.5) is 10.5 Å². The van der Waals surface area contributed by atoms with Gasteiger partial charge < -0.3 is 4.74 Å². The van der Waals surface area contributed by atoms with Gasteiger partial charge in [0, 0.05) is 12.7 Å². The SMILES string of the molecule is Cc1cccc(N(C)C(=O)OC(C)(C)C)c1C. The van der Waals surface area contributed by atoms with Gasteiger partial charge in [-0.05, 0) is 51.8 Å². The Balaban J connectivity index is 2.93. The highest BCUT2D eigenvalue weighted by atomic mass is 16.6. The summed E-state index contributed by atoms with van der Waals surface area (Å²) in [5, 5.41) is 0. The standard InChI is InChI=1S/C14H21NO2/c1-10-8-7-9-12(11(10)2)15(6)13(16)17-14(3,4)5/h7-9H,1-6H3. The molecule has 0 atom stereocenters. The van der Waals surface area contributed by atoms with Crippen molar-refractivity contribution >= 4 is 11.8 Å². The van der Waals surface area contributed by atoms with Crippen molar-refractivity contribution in [2.75, 3.05) is 11.9 Å². The van der Waals surface area contributed by atoms with Gasteiger partial charge in [0.15, 0.2) is 0 Å². The molecule has 0 unspecified atom stereocenters. The minimum absolute atomic E-state index is 0.328. The van der Waals surface area contributed by atoms with Gasteiger partial charge in [-0.1, -0.05) is 12.1 Å². The van der Waals surface area contributed by atoms with Crippen LogP contribution >= 0.6 is 0 Å². The van der Waals surface area contributed by atoms with Crippen LogP contribution in [0.2, 0.25) is 0 Å². The number of ether oxygens (including phenoxy) is 1. The molecule has 94 valence electrons. The van der Waals surface area contributed by atoms with Gasteiger partial charge in [0.1, 0.15) is 5.60 Å². The summed E-state index contributed by atoms with van der Waals surface area (Å²) < 4.78 is 5.34. The van der Waals surface area contributed by atoms with E-state index in [1.54, 1.807) is 11.9 Å². The minimum Gasteiger partial charge on any atom is -0.443 e. The quantitative estimate of drug-likeness (QED) is 0.743. The van der Waals surface area contributed by atoms with Crippen LogP contribution in [-0.2, 0) is 4.74 Å². The molecule has 3 heteroatoms. The van der Waals surface area contributed by atoms with Crippen molar-refractivity contribution in [3.05, 3.63) is 29.3 Å². The van der Waals surface area contributed by atoms with Crippen LogP contribution in [0.1, 0.15) is 31.9 Å². The maximum absolute atomic E-state index is 11.9. The molecule has 0 heterocycles. The van der Waals surface area contributed by atoms with Crippen LogP contribution in [0.3, 0.4) is 0 Å². The van der Waals surface area contributed by atoms with Gasteiger partial charge in [0.25, 0.3) is 0 Å². The zero-order chi connectivity index (χ0) is 13.2. The predicted molar refractivity (Wildman–Crippen MR) is 70.6 cm³/mol. The van der Waals surface area contributed by atoms with Crippen LogP contribution in [0.25, 0.3) is 0 Å². The normalized spacial score (nSPS) is 11.2. The summed E-state index contributed by atoms with van der Waals surface area (Å²) in [7, 11) is 1.73. The molecule has 0 radical (unpaired) electrons. The molecule has 1 aromatic carbocycles. The summed E-state index contributed by atoms with van der Waals surface area (Å²) in [6, 6.07) is 5.90. The molecule has 3 nitrogen and oxygen atoms in total. The molecule has 0 N–H and O–H groups in total. The number of carbonyl (C=O) groups is 1. The van der Waals surface area contributed by atoms with Gasteiger partial charge in [0.2, 0.25) is 0 Å². The van der Waals surface area contributed by atoms with E-state index in [2.05, 4.69) is 0 Å². The number of rotatable bonds is 1. The van der Waals surface area contributed by atoms with Gasteiger partial charge >= 0.3 is 6.09 Å². The van der Waals surface area contributed by atoms with E-state index in [1.807, 2.05) is 52.8 Å². The average molecular weight is 235 g/mol. The maximum Gasteiger partial charge on any atom is 0.414 e. The van der Waals surface area contributed by atoms with Crippen LogP contribution in [-0.4, -0.2) is 18.7 Å². The van der Waals surface area contributed by atoms with Crippen molar-refractivity contribution in [3.63, 3.8) is 0 Å². The summed E-state index contributed by atoms with van der Waals surface area (Å²) >= 11 is 0. The first kappa shape index (κ1) is 13.6. The zero-order valence-corrected chi connectivity index (χ0v) is 11.5. The third-order valence-electron chi connectivity index (χ3n) is 2.60. The van der Waals surface area contributed by atoms with E-state index in [0.29, 0.717) is 0 Å². The third-order valence-corrected chi connectivity index (χ3v) is 2.60. The summed E-state index contributed by atoms with van der Waals surface area (Å²) in [6.07, 6.45) is -0.328. The number of hydrogen-bond donors (Lipinski definition) is 0. The lowest BCUT2D eigenvalue weighted by Gasteiger charge is -2.26. The Morgan fingerprint density at radius 1 is 1.24 bits per heavy atom. The molecule has 1 amide bonds. The van der Waals surface area contributed by atoms with E-state index in [1.165, 1.54) is 0 Å². The molecule has 0 aromatic heterocycles. The molecule has 0 spiro atoms.